The summed E-state index contributed by atoms with van der Waals surface area (Å²) in [6, 6.07) is 14.3. The Kier molecular flexibility index (Phi) is 8.18. The molecule has 192 valence electrons. The minimum Gasteiger partial charge on any atom is -0.379 e. The molecule has 5 rings (SSSR count). The van der Waals surface area contributed by atoms with Gasteiger partial charge in [-0.05, 0) is 48.6 Å². The van der Waals surface area contributed by atoms with Crippen molar-refractivity contribution >= 4 is 23.2 Å². The fourth-order valence-electron chi connectivity index (χ4n) is 5.63. The predicted octanol–water partition coefficient (Wildman–Crippen LogP) is 3.83. The van der Waals surface area contributed by atoms with E-state index in [0.717, 1.165) is 83.7 Å². The van der Waals surface area contributed by atoms with Crippen molar-refractivity contribution < 1.29 is 14.3 Å². The third kappa shape index (κ3) is 6.08. The molecule has 2 heterocycles. The number of benzene rings is 2. The molecular weight excluding hydrogens is 452 g/mol. The molecule has 7 nitrogen and oxygen atoms in total. The number of nitrogens with one attached hydrogen (secondary N) is 2. The summed E-state index contributed by atoms with van der Waals surface area (Å²) in [4.78, 5) is 30.9. The summed E-state index contributed by atoms with van der Waals surface area (Å²) < 4.78 is 5.42. The molecule has 1 aliphatic carbocycles. The third-order valence-electron chi connectivity index (χ3n) is 7.77. The SMILES string of the molecule is O=C(NCCN1CCOCC1)c1cc(NC(=O)C2CCCCC2)ccc1N1CCc2ccccc2C1. The maximum absolute atomic E-state index is 13.4. The number of fused-ring (bicyclic) bond motifs is 1. The summed E-state index contributed by atoms with van der Waals surface area (Å²) in [6.07, 6.45) is 6.30. The number of anilines is 2. The van der Waals surface area contributed by atoms with Gasteiger partial charge in [0.15, 0.2) is 0 Å². The van der Waals surface area contributed by atoms with Gasteiger partial charge in [-0.1, -0.05) is 43.5 Å². The Labute approximate surface area is 214 Å². The Hall–Kier alpha value is -2.90. The van der Waals surface area contributed by atoms with Gasteiger partial charge in [-0.3, -0.25) is 14.5 Å². The van der Waals surface area contributed by atoms with Gasteiger partial charge in [-0.25, -0.2) is 0 Å². The van der Waals surface area contributed by atoms with Gasteiger partial charge in [0.1, 0.15) is 0 Å². The Morgan fingerprint density at radius 1 is 0.944 bits per heavy atom. The van der Waals surface area contributed by atoms with Crippen LogP contribution in [0.4, 0.5) is 11.4 Å². The van der Waals surface area contributed by atoms with Gasteiger partial charge in [-0.2, -0.15) is 0 Å². The Bertz CT molecular complexity index is 1060. The Morgan fingerprint density at radius 3 is 2.53 bits per heavy atom. The van der Waals surface area contributed by atoms with Crippen molar-refractivity contribution in [2.75, 3.05) is 56.2 Å². The minimum absolute atomic E-state index is 0.0721. The normalized spacial score (nSPS) is 18.9. The van der Waals surface area contributed by atoms with Gasteiger partial charge in [0, 0.05) is 56.6 Å². The molecule has 2 aromatic carbocycles. The largest absolute Gasteiger partial charge is 0.379 e. The van der Waals surface area contributed by atoms with Crippen molar-refractivity contribution in [3.63, 3.8) is 0 Å². The average molecular weight is 491 g/mol. The van der Waals surface area contributed by atoms with Crippen LogP contribution in [0.2, 0.25) is 0 Å². The summed E-state index contributed by atoms with van der Waals surface area (Å²) in [5.41, 5.74) is 4.92. The van der Waals surface area contributed by atoms with Crippen LogP contribution in [0.3, 0.4) is 0 Å². The van der Waals surface area contributed by atoms with E-state index >= 15 is 0 Å². The van der Waals surface area contributed by atoms with E-state index < -0.39 is 0 Å². The molecule has 1 saturated heterocycles. The number of carbonyl (C=O) groups is 2. The second-order valence-corrected chi connectivity index (χ2v) is 10.2. The lowest BCUT2D eigenvalue weighted by atomic mass is 9.88. The number of amides is 2. The van der Waals surface area contributed by atoms with Crippen LogP contribution in [-0.4, -0.2) is 62.7 Å². The van der Waals surface area contributed by atoms with Crippen LogP contribution in [0.5, 0.6) is 0 Å². The molecule has 0 aromatic heterocycles. The fraction of sp³-hybridized carbons (Fsp3) is 0.517. The van der Waals surface area contributed by atoms with Gasteiger partial charge in [0.25, 0.3) is 5.91 Å². The van der Waals surface area contributed by atoms with Gasteiger partial charge in [0.2, 0.25) is 5.91 Å². The van der Waals surface area contributed by atoms with E-state index in [0.29, 0.717) is 17.8 Å². The maximum Gasteiger partial charge on any atom is 0.253 e. The van der Waals surface area contributed by atoms with Crippen molar-refractivity contribution in [2.24, 2.45) is 5.92 Å². The minimum atomic E-state index is -0.0918. The van der Waals surface area contributed by atoms with Crippen LogP contribution >= 0.6 is 0 Å². The second kappa shape index (κ2) is 11.9. The van der Waals surface area contributed by atoms with Gasteiger partial charge < -0.3 is 20.3 Å². The van der Waals surface area contributed by atoms with E-state index in [-0.39, 0.29) is 17.7 Å². The summed E-state index contributed by atoms with van der Waals surface area (Å²) in [5.74, 6) is 0.0572. The number of morpholine rings is 1. The maximum atomic E-state index is 13.4. The fourth-order valence-corrected chi connectivity index (χ4v) is 5.63. The van der Waals surface area contributed by atoms with E-state index in [1.165, 1.54) is 17.5 Å². The molecule has 7 heteroatoms. The molecule has 2 aromatic rings. The lowest BCUT2D eigenvalue weighted by molar-refractivity contribution is -0.120. The van der Waals surface area contributed by atoms with E-state index in [2.05, 4.69) is 44.7 Å². The molecule has 2 N–H and O–H groups in total. The van der Waals surface area contributed by atoms with Crippen molar-refractivity contribution in [3.05, 3.63) is 59.2 Å². The number of nitrogens with zero attached hydrogens (tertiary/aromatic N) is 2. The molecule has 0 bridgehead atoms. The first-order valence-corrected chi connectivity index (χ1v) is 13.5. The number of ether oxygens (including phenoxy) is 1. The summed E-state index contributed by atoms with van der Waals surface area (Å²) in [5, 5.41) is 6.23. The third-order valence-corrected chi connectivity index (χ3v) is 7.77. The van der Waals surface area contributed by atoms with Crippen molar-refractivity contribution in [3.8, 4) is 0 Å². The first kappa shape index (κ1) is 24.8. The monoisotopic (exact) mass is 490 g/mol. The van der Waals surface area contributed by atoms with Gasteiger partial charge in [0.05, 0.1) is 18.8 Å². The molecule has 36 heavy (non-hydrogen) atoms. The number of hydrogen-bond donors (Lipinski definition) is 2. The molecule has 0 radical (unpaired) electrons. The van der Waals surface area contributed by atoms with Crippen LogP contribution in [-0.2, 0) is 22.5 Å². The van der Waals surface area contributed by atoms with Crippen LogP contribution in [0.15, 0.2) is 42.5 Å². The molecule has 2 aliphatic heterocycles. The lowest BCUT2D eigenvalue weighted by Crippen LogP contribution is -2.41. The Morgan fingerprint density at radius 2 is 1.72 bits per heavy atom. The van der Waals surface area contributed by atoms with Crippen molar-refractivity contribution in [1.29, 1.82) is 0 Å². The zero-order valence-corrected chi connectivity index (χ0v) is 21.1. The zero-order valence-electron chi connectivity index (χ0n) is 21.1. The van der Waals surface area contributed by atoms with Gasteiger partial charge >= 0.3 is 0 Å². The average Bonchev–Trinajstić information content (AvgIpc) is 2.93. The van der Waals surface area contributed by atoms with Crippen molar-refractivity contribution in [2.45, 2.75) is 45.1 Å². The topological polar surface area (TPSA) is 73.9 Å². The highest BCUT2D eigenvalue weighted by molar-refractivity contribution is 6.02. The first-order chi connectivity index (χ1) is 17.7. The molecule has 2 amide bonds. The predicted molar refractivity (Wildman–Crippen MR) is 142 cm³/mol. The highest BCUT2D eigenvalue weighted by atomic mass is 16.5. The zero-order chi connectivity index (χ0) is 24.7. The van der Waals surface area contributed by atoms with Crippen LogP contribution in [0.1, 0.15) is 53.6 Å². The summed E-state index contributed by atoms with van der Waals surface area (Å²) >= 11 is 0. The van der Waals surface area contributed by atoms with Gasteiger partial charge in [-0.15, -0.1) is 0 Å². The number of rotatable bonds is 7. The molecular formula is C29H38N4O3. The molecule has 0 atom stereocenters. The lowest BCUT2D eigenvalue weighted by Gasteiger charge is -2.32. The number of carbonyl (C=O) groups excluding carboxylic acids is 2. The first-order valence-electron chi connectivity index (χ1n) is 13.5. The van der Waals surface area contributed by atoms with Crippen LogP contribution < -0.4 is 15.5 Å². The highest BCUT2D eigenvalue weighted by Gasteiger charge is 2.24. The highest BCUT2D eigenvalue weighted by Crippen LogP contribution is 2.31. The summed E-state index contributed by atoms with van der Waals surface area (Å²) in [7, 11) is 0. The number of hydrogen-bond acceptors (Lipinski definition) is 5. The molecule has 2 fully saturated rings. The smallest absolute Gasteiger partial charge is 0.253 e. The van der Waals surface area contributed by atoms with E-state index in [1.807, 2.05) is 18.2 Å². The Balaban J connectivity index is 1.32. The molecule has 1 saturated carbocycles. The van der Waals surface area contributed by atoms with Crippen molar-refractivity contribution in [1.82, 2.24) is 10.2 Å². The van der Waals surface area contributed by atoms with E-state index in [4.69, 9.17) is 4.74 Å². The van der Waals surface area contributed by atoms with E-state index in [1.54, 1.807) is 0 Å². The summed E-state index contributed by atoms with van der Waals surface area (Å²) in [6.45, 7) is 6.32. The second-order valence-electron chi connectivity index (χ2n) is 10.2. The molecule has 3 aliphatic rings. The molecule has 0 unspecified atom stereocenters. The quantitative estimate of drug-likeness (QED) is 0.617. The molecule has 0 spiro atoms. The standard InChI is InChI=1S/C29H38N4O3/c34-28(23-7-2-1-3-8-23)31-25-10-11-27(33-14-12-22-6-4-5-9-24(22)21-33)26(20-25)29(35)30-13-15-32-16-18-36-19-17-32/h4-6,9-11,20,23H,1-3,7-8,12-19,21H2,(H,30,35)(H,31,34). The van der Waals surface area contributed by atoms with Crippen LogP contribution in [0.25, 0.3) is 0 Å². The van der Waals surface area contributed by atoms with Crippen LogP contribution in [0, 0.1) is 5.92 Å². The van der Waals surface area contributed by atoms with E-state index in [9.17, 15) is 9.59 Å².